The molecule has 2 rings (SSSR count). The van der Waals surface area contributed by atoms with Crippen molar-refractivity contribution in [1.82, 2.24) is 19.5 Å². The Morgan fingerprint density at radius 2 is 1.95 bits per heavy atom. The minimum Gasteiger partial charge on any atom is -0.395 e. The van der Waals surface area contributed by atoms with Crippen LogP contribution in [0.4, 0.5) is 0 Å². The first kappa shape index (κ1) is 14.4. The lowest BCUT2D eigenvalue weighted by Crippen LogP contribution is -2.36. The van der Waals surface area contributed by atoms with Crippen LogP contribution in [-0.4, -0.2) is 61.9 Å². The number of hydrogen-bond donors (Lipinski definition) is 2. The van der Waals surface area contributed by atoms with Crippen molar-refractivity contribution in [3.8, 4) is 0 Å². The maximum absolute atomic E-state index is 12.4. The second-order valence-corrected chi connectivity index (χ2v) is 4.55. The summed E-state index contributed by atoms with van der Waals surface area (Å²) in [5.74, 6) is -0.270. The third-order valence-electron chi connectivity index (χ3n) is 3.10. The molecule has 2 heterocycles. The first-order valence-corrected chi connectivity index (χ1v) is 6.41. The first-order valence-electron chi connectivity index (χ1n) is 6.41. The summed E-state index contributed by atoms with van der Waals surface area (Å²) < 4.78 is 1.62. The third kappa shape index (κ3) is 2.63. The van der Waals surface area contributed by atoms with Gasteiger partial charge in [0, 0.05) is 25.4 Å². The minimum absolute atomic E-state index is 0.151. The molecule has 0 unspecified atom stereocenters. The lowest BCUT2D eigenvalue weighted by atomic mass is 10.2. The van der Waals surface area contributed by atoms with E-state index in [0.29, 0.717) is 16.9 Å². The third-order valence-corrected chi connectivity index (χ3v) is 3.10. The lowest BCUT2D eigenvalue weighted by molar-refractivity contribution is 0.0683. The molecule has 20 heavy (non-hydrogen) atoms. The summed E-state index contributed by atoms with van der Waals surface area (Å²) in [6, 6.07) is 1.83. The molecule has 2 aromatic rings. The van der Waals surface area contributed by atoms with Crippen LogP contribution < -0.4 is 0 Å². The van der Waals surface area contributed by atoms with E-state index in [1.807, 2.05) is 13.0 Å². The summed E-state index contributed by atoms with van der Waals surface area (Å²) in [6.07, 6.45) is 1.51. The number of rotatable bonds is 5. The van der Waals surface area contributed by atoms with Gasteiger partial charge in [0.2, 0.25) is 0 Å². The predicted molar refractivity (Wildman–Crippen MR) is 72.5 cm³/mol. The van der Waals surface area contributed by atoms with Gasteiger partial charge in [-0.2, -0.15) is 5.10 Å². The number of carbonyl (C=O) groups is 1. The van der Waals surface area contributed by atoms with Crippen molar-refractivity contribution in [1.29, 1.82) is 0 Å². The highest BCUT2D eigenvalue weighted by Crippen LogP contribution is 2.13. The van der Waals surface area contributed by atoms with Crippen LogP contribution in [0.1, 0.15) is 21.7 Å². The maximum Gasteiger partial charge on any atom is 0.257 e. The average Bonchev–Trinajstić information content (AvgIpc) is 2.80. The molecule has 0 bridgehead atoms. The number of hydrogen-bond acceptors (Lipinski definition) is 5. The molecular formula is C13H18N4O3. The Morgan fingerprint density at radius 1 is 1.30 bits per heavy atom. The van der Waals surface area contributed by atoms with E-state index in [-0.39, 0.29) is 32.2 Å². The van der Waals surface area contributed by atoms with E-state index >= 15 is 0 Å². The molecule has 7 nitrogen and oxygen atoms in total. The summed E-state index contributed by atoms with van der Waals surface area (Å²) in [6.45, 7) is 3.70. The molecule has 0 atom stereocenters. The topological polar surface area (TPSA) is 91.0 Å². The number of aliphatic hydroxyl groups is 2. The highest BCUT2D eigenvalue weighted by Gasteiger charge is 2.19. The van der Waals surface area contributed by atoms with E-state index in [1.54, 1.807) is 11.4 Å². The smallest absolute Gasteiger partial charge is 0.257 e. The van der Waals surface area contributed by atoms with E-state index in [0.717, 1.165) is 5.69 Å². The van der Waals surface area contributed by atoms with Crippen molar-refractivity contribution in [2.45, 2.75) is 13.8 Å². The molecule has 0 aliphatic heterocycles. The van der Waals surface area contributed by atoms with E-state index in [2.05, 4.69) is 10.1 Å². The molecule has 1 amide bonds. The molecule has 0 spiro atoms. The summed E-state index contributed by atoms with van der Waals surface area (Å²) in [7, 11) is 0. The molecule has 0 saturated heterocycles. The molecule has 7 heteroatoms. The zero-order valence-electron chi connectivity index (χ0n) is 11.6. The highest BCUT2D eigenvalue weighted by molar-refractivity contribution is 5.95. The fourth-order valence-corrected chi connectivity index (χ4v) is 2.10. The zero-order chi connectivity index (χ0) is 14.7. The van der Waals surface area contributed by atoms with Crippen LogP contribution in [0.3, 0.4) is 0 Å². The van der Waals surface area contributed by atoms with Gasteiger partial charge in [-0.05, 0) is 13.8 Å². The Bertz CT molecular complexity index is 617. The molecule has 2 N–H and O–H groups in total. The zero-order valence-corrected chi connectivity index (χ0v) is 11.6. The van der Waals surface area contributed by atoms with Gasteiger partial charge in [-0.3, -0.25) is 4.79 Å². The number of amides is 1. The van der Waals surface area contributed by atoms with E-state index in [4.69, 9.17) is 10.2 Å². The van der Waals surface area contributed by atoms with Crippen LogP contribution in [-0.2, 0) is 0 Å². The molecule has 0 saturated carbocycles. The largest absolute Gasteiger partial charge is 0.395 e. The molecule has 0 radical (unpaired) electrons. The predicted octanol–water partition coefficient (Wildman–Crippen LogP) is -0.227. The first-order chi connectivity index (χ1) is 9.58. The molecule has 0 fully saturated rings. The molecule has 108 valence electrons. The van der Waals surface area contributed by atoms with Crippen LogP contribution in [0.25, 0.3) is 5.65 Å². The summed E-state index contributed by atoms with van der Waals surface area (Å²) in [4.78, 5) is 18.0. The number of fused-ring (bicyclic) bond motifs is 1. The Morgan fingerprint density at radius 3 is 2.55 bits per heavy atom. The minimum atomic E-state index is -0.270. The second kappa shape index (κ2) is 5.98. The Labute approximate surface area is 116 Å². The fraction of sp³-hybridized carbons (Fsp3) is 0.462. The average molecular weight is 278 g/mol. The van der Waals surface area contributed by atoms with Crippen LogP contribution in [0.2, 0.25) is 0 Å². The quantitative estimate of drug-likeness (QED) is 0.788. The Hall–Kier alpha value is -1.99. The van der Waals surface area contributed by atoms with Gasteiger partial charge in [0.25, 0.3) is 5.91 Å². The Kier molecular flexibility index (Phi) is 4.31. The summed E-state index contributed by atoms with van der Waals surface area (Å²) in [5.41, 5.74) is 2.62. The van der Waals surface area contributed by atoms with Crippen molar-refractivity contribution in [2.75, 3.05) is 26.3 Å². The summed E-state index contributed by atoms with van der Waals surface area (Å²) >= 11 is 0. The molecule has 0 aliphatic carbocycles. The molecular weight excluding hydrogens is 260 g/mol. The number of aromatic nitrogens is 3. The van der Waals surface area contributed by atoms with Gasteiger partial charge in [-0.25, -0.2) is 9.50 Å². The second-order valence-electron chi connectivity index (χ2n) is 4.55. The molecule has 2 aromatic heterocycles. The number of carbonyl (C=O) groups excluding carboxylic acids is 1. The van der Waals surface area contributed by atoms with Crippen LogP contribution in [0.15, 0.2) is 12.3 Å². The number of nitrogens with zero attached hydrogens (tertiary/aromatic N) is 4. The van der Waals surface area contributed by atoms with Crippen molar-refractivity contribution in [3.63, 3.8) is 0 Å². The van der Waals surface area contributed by atoms with Gasteiger partial charge in [-0.15, -0.1) is 0 Å². The molecule has 0 aliphatic rings. The standard InChI is InChI=1S/C13H18N4O3/c1-9-7-12-14-8-11(10(2)17(12)15-9)13(20)16(3-5-18)4-6-19/h7-8,18-19H,3-6H2,1-2H3. The Balaban J connectivity index is 2.40. The number of aliphatic hydroxyl groups excluding tert-OH is 2. The van der Waals surface area contributed by atoms with Gasteiger partial charge in [0.1, 0.15) is 0 Å². The van der Waals surface area contributed by atoms with E-state index < -0.39 is 0 Å². The van der Waals surface area contributed by atoms with Gasteiger partial charge in [0.15, 0.2) is 5.65 Å². The van der Waals surface area contributed by atoms with Crippen molar-refractivity contribution in [2.24, 2.45) is 0 Å². The van der Waals surface area contributed by atoms with Gasteiger partial charge in [-0.1, -0.05) is 0 Å². The van der Waals surface area contributed by atoms with Gasteiger partial charge < -0.3 is 15.1 Å². The van der Waals surface area contributed by atoms with Crippen molar-refractivity contribution in [3.05, 3.63) is 29.2 Å². The molecule has 0 aromatic carbocycles. The van der Waals surface area contributed by atoms with Crippen molar-refractivity contribution >= 4 is 11.6 Å². The van der Waals surface area contributed by atoms with Crippen LogP contribution in [0, 0.1) is 13.8 Å². The van der Waals surface area contributed by atoms with E-state index in [1.165, 1.54) is 11.1 Å². The van der Waals surface area contributed by atoms with Gasteiger partial charge in [0.05, 0.1) is 30.2 Å². The monoisotopic (exact) mass is 278 g/mol. The van der Waals surface area contributed by atoms with Crippen LogP contribution in [0.5, 0.6) is 0 Å². The highest BCUT2D eigenvalue weighted by atomic mass is 16.3. The summed E-state index contributed by atoms with van der Waals surface area (Å²) in [5, 5.41) is 22.3. The van der Waals surface area contributed by atoms with E-state index in [9.17, 15) is 4.79 Å². The van der Waals surface area contributed by atoms with Crippen molar-refractivity contribution < 1.29 is 15.0 Å². The number of aryl methyl sites for hydroxylation is 2. The van der Waals surface area contributed by atoms with Gasteiger partial charge >= 0.3 is 0 Å². The normalized spacial score (nSPS) is 11.0. The SMILES string of the molecule is Cc1cc2ncc(C(=O)N(CCO)CCO)c(C)n2n1. The lowest BCUT2D eigenvalue weighted by Gasteiger charge is -2.21. The fourth-order valence-electron chi connectivity index (χ4n) is 2.10. The maximum atomic E-state index is 12.4. The van der Waals surface area contributed by atoms with Crippen LogP contribution >= 0.6 is 0 Å².